The zero-order chi connectivity index (χ0) is 18.9. The van der Waals surface area contributed by atoms with Crippen LogP contribution in [0.3, 0.4) is 0 Å². The molecule has 0 radical (unpaired) electrons. The van der Waals surface area contributed by atoms with E-state index in [9.17, 15) is 4.21 Å². The van der Waals surface area contributed by atoms with E-state index in [1.807, 2.05) is 36.4 Å². The SMILES string of the molecule is CN=C(NCCS(=O)Cc1ccccc1)NC1CCN(c2ccccc2)C1. The average molecular weight is 385 g/mol. The molecule has 0 aromatic heterocycles. The van der Waals surface area contributed by atoms with Gasteiger partial charge in [0.05, 0.1) is 0 Å². The van der Waals surface area contributed by atoms with Crippen molar-refractivity contribution in [2.75, 3.05) is 37.3 Å². The first-order chi connectivity index (χ1) is 13.2. The summed E-state index contributed by atoms with van der Waals surface area (Å²) in [5, 5.41) is 6.78. The third kappa shape index (κ3) is 6.10. The minimum atomic E-state index is -0.877. The summed E-state index contributed by atoms with van der Waals surface area (Å²) in [6, 6.07) is 20.8. The van der Waals surface area contributed by atoms with E-state index in [1.165, 1.54) is 5.69 Å². The Morgan fingerprint density at radius 2 is 1.85 bits per heavy atom. The summed E-state index contributed by atoms with van der Waals surface area (Å²) in [7, 11) is 0.900. The molecule has 2 unspecified atom stereocenters. The fourth-order valence-electron chi connectivity index (χ4n) is 3.25. The van der Waals surface area contributed by atoms with E-state index in [4.69, 9.17) is 0 Å². The standard InChI is InChI=1S/C21H28N4OS/c1-22-21(23-13-15-27(26)17-18-8-4-2-5-9-18)24-19-12-14-25(16-19)20-10-6-3-7-11-20/h2-11,19H,12-17H2,1H3,(H2,22,23,24). The van der Waals surface area contributed by atoms with Crippen molar-refractivity contribution < 1.29 is 4.21 Å². The molecule has 1 aliphatic rings. The highest BCUT2D eigenvalue weighted by atomic mass is 32.2. The number of benzene rings is 2. The highest BCUT2D eigenvalue weighted by molar-refractivity contribution is 7.84. The van der Waals surface area contributed by atoms with Gasteiger partial charge in [-0.1, -0.05) is 48.5 Å². The largest absolute Gasteiger partial charge is 0.369 e. The Morgan fingerprint density at radius 1 is 1.15 bits per heavy atom. The molecule has 1 fully saturated rings. The number of hydrogen-bond acceptors (Lipinski definition) is 3. The van der Waals surface area contributed by atoms with Crippen LogP contribution in [0.15, 0.2) is 65.7 Å². The van der Waals surface area contributed by atoms with Crippen molar-refractivity contribution in [1.82, 2.24) is 10.6 Å². The van der Waals surface area contributed by atoms with Crippen molar-refractivity contribution in [3.05, 3.63) is 66.2 Å². The first kappa shape index (κ1) is 19.4. The van der Waals surface area contributed by atoms with Crippen LogP contribution in [0, 0.1) is 0 Å². The highest BCUT2D eigenvalue weighted by Gasteiger charge is 2.23. The molecule has 2 aromatic rings. The van der Waals surface area contributed by atoms with Gasteiger partial charge in [-0.15, -0.1) is 0 Å². The second-order valence-electron chi connectivity index (χ2n) is 6.68. The Labute approximate surface area is 164 Å². The number of rotatable bonds is 7. The second kappa shape index (κ2) is 10.1. The summed E-state index contributed by atoms with van der Waals surface area (Å²) in [6.07, 6.45) is 1.08. The summed E-state index contributed by atoms with van der Waals surface area (Å²) in [4.78, 5) is 6.70. The van der Waals surface area contributed by atoms with Crippen LogP contribution in [-0.2, 0) is 16.6 Å². The predicted molar refractivity (Wildman–Crippen MR) is 115 cm³/mol. The lowest BCUT2D eigenvalue weighted by Gasteiger charge is -2.20. The van der Waals surface area contributed by atoms with E-state index >= 15 is 0 Å². The van der Waals surface area contributed by atoms with Crippen molar-refractivity contribution in [2.24, 2.45) is 4.99 Å². The van der Waals surface area contributed by atoms with E-state index in [2.05, 4.69) is 44.8 Å². The Kier molecular flexibility index (Phi) is 7.27. The summed E-state index contributed by atoms with van der Waals surface area (Å²) in [6.45, 7) is 2.65. The van der Waals surface area contributed by atoms with Crippen molar-refractivity contribution in [2.45, 2.75) is 18.2 Å². The molecule has 5 nitrogen and oxygen atoms in total. The normalized spacial score (nSPS) is 18.3. The summed E-state index contributed by atoms with van der Waals surface area (Å²) in [5.41, 5.74) is 2.38. The van der Waals surface area contributed by atoms with Crippen molar-refractivity contribution in [1.29, 1.82) is 0 Å². The van der Waals surface area contributed by atoms with Gasteiger partial charge in [-0.3, -0.25) is 9.20 Å². The van der Waals surface area contributed by atoms with Crippen LogP contribution in [0.5, 0.6) is 0 Å². The minimum Gasteiger partial charge on any atom is -0.369 e. The molecule has 0 saturated carbocycles. The minimum absolute atomic E-state index is 0.367. The Bertz CT molecular complexity index is 751. The molecule has 0 aliphatic carbocycles. The van der Waals surface area contributed by atoms with Gasteiger partial charge in [-0.25, -0.2) is 0 Å². The van der Waals surface area contributed by atoms with E-state index < -0.39 is 10.8 Å². The van der Waals surface area contributed by atoms with Crippen LogP contribution in [0.25, 0.3) is 0 Å². The molecule has 0 bridgehead atoms. The van der Waals surface area contributed by atoms with Crippen LogP contribution < -0.4 is 15.5 Å². The smallest absolute Gasteiger partial charge is 0.191 e. The molecule has 3 rings (SSSR count). The molecule has 2 N–H and O–H groups in total. The molecule has 144 valence electrons. The first-order valence-electron chi connectivity index (χ1n) is 9.40. The third-order valence-electron chi connectivity index (χ3n) is 4.67. The Morgan fingerprint density at radius 3 is 2.56 bits per heavy atom. The lowest BCUT2D eigenvalue weighted by molar-refractivity contribution is 0.650. The maximum Gasteiger partial charge on any atom is 0.191 e. The Hall–Kier alpha value is -2.34. The highest BCUT2D eigenvalue weighted by Crippen LogP contribution is 2.19. The molecule has 2 aromatic carbocycles. The average Bonchev–Trinajstić information content (AvgIpc) is 3.17. The maximum absolute atomic E-state index is 12.2. The van der Waals surface area contributed by atoms with Crippen LogP contribution in [0.2, 0.25) is 0 Å². The van der Waals surface area contributed by atoms with Gasteiger partial charge in [0.25, 0.3) is 0 Å². The zero-order valence-corrected chi connectivity index (χ0v) is 16.6. The zero-order valence-electron chi connectivity index (χ0n) is 15.8. The molecular weight excluding hydrogens is 356 g/mol. The number of para-hydroxylation sites is 1. The van der Waals surface area contributed by atoms with Crippen LogP contribution in [0.4, 0.5) is 5.69 Å². The molecule has 2 atom stereocenters. The second-order valence-corrected chi connectivity index (χ2v) is 8.26. The van der Waals surface area contributed by atoms with E-state index in [1.54, 1.807) is 7.05 Å². The predicted octanol–water partition coefficient (Wildman–Crippen LogP) is 2.38. The maximum atomic E-state index is 12.2. The monoisotopic (exact) mass is 384 g/mol. The number of aliphatic imine (C=N–C) groups is 1. The topological polar surface area (TPSA) is 56.7 Å². The Balaban J connectivity index is 1.39. The van der Waals surface area contributed by atoms with Gasteiger partial charge >= 0.3 is 0 Å². The van der Waals surface area contributed by atoms with Crippen molar-refractivity contribution in [3.8, 4) is 0 Å². The number of guanidine groups is 1. The van der Waals surface area contributed by atoms with E-state index in [0.29, 0.717) is 24.1 Å². The summed E-state index contributed by atoms with van der Waals surface area (Å²) in [5.74, 6) is 1.99. The number of nitrogens with one attached hydrogen (secondary N) is 2. The molecule has 1 saturated heterocycles. The molecule has 0 spiro atoms. The fourth-order valence-corrected chi connectivity index (χ4v) is 4.29. The van der Waals surface area contributed by atoms with Gasteiger partial charge in [-0.2, -0.15) is 0 Å². The molecule has 6 heteroatoms. The molecule has 1 aliphatic heterocycles. The van der Waals surface area contributed by atoms with Gasteiger partial charge in [0.15, 0.2) is 5.96 Å². The summed E-state index contributed by atoms with van der Waals surface area (Å²) >= 11 is 0. The van der Waals surface area contributed by atoms with Gasteiger partial charge in [0.1, 0.15) is 0 Å². The number of nitrogens with zero attached hydrogens (tertiary/aromatic N) is 2. The fraction of sp³-hybridized carbons (Fsp3) is 0.381. The van der Waals surface area contributed by atoms with Gasteiger partial charge in [-0.05, 0) is 24.1 Å². The quantitative estimate of drug-likeness (QED) is 0.568. The van der Waals surface area contributed by atoms with Gasteiger partial charge in [0.2, 0.25) is 0 Å². The molecular formula is C21H28N4OS. The lowest BCUT2D eigenvalue weighted by atomic mass is 10.2. The molecule has 1 heterocycles. The first-order valence-corrected chi connectivity index (χ1v) is 10.9. The van der Waals surface area contributed by atoms with Gasteiger partial charge in [0, 0.05) is 60.7 Å². The van der Waals surface area contributed by atoms with Crippen molar-refractivity contribution >= 4 is 22.4 Å². The molecule has 0 amide bonds. The number of hydrogen-bond donors (Lipinski definition) is 2. The lowest BCUT2D eigenvalue weighted by Crippen LogP contribution is -2.45. The van der Waals surface area contributed by atoms with Crippen LogP contribution >= 0.6 is 0 Å². The molecule has 27 heavy (non-hydrogen) atoms. The van der Waals surface area contributed by atoms with Gasteiger partial charge < -0.3 is 15.5 Å². The summed E-state index contributed by atoms with van der Waals surface area (Å²) < 4.78 is 12.2. The van der Waals surface area contributed by atoms with Crippen LogP contribution in [0.1, 0.15) is 12.0 Å². The van der Waals surface area contributed by atoms with Crippen LogP contribution in [-0.4, -0.2) is 48.6 Å². The number of anilines is 1. The third-order valence-corrected chi connectivity index (χ3v) is 5.98. The van der Waals surface area contributed by atoms with E-state index in [0.717, 1.165) is 31.0 Å². The van der Waals surface area contributed by atoms with E-state index in [-0.39, 0.29) is 0 Å². The van der Waals surface area contributed by atoms with Crippen molar-refractivity contribution in [3.63, 3.8) is 0 Å².